The van der Waals surface area contributed by atoms with E-state index in [1.54, 1.807) is 0 Å². The molecule has 2 N–H and O–H groups in total. The lowest BCUT2D eigenvalue weighted by molar-refractivity contribution is 0.0966. The number of hydrogen-bond acceptors (Lipinski definition) is 3. The van der Waals surface area contributed by atoms with Crippen LogP contribution in [0.4, 0.5) is 0 Å². The number of benzene rings is 3. The molecule has 0 spiro atoms. The number of hydrogen-bond donors (Lipinski definition) is 2. The topological polar surface area (TPSA) is 54.3 Å². The van der Waals surface area contributed by atoms with Gasteiger partial charge in [0.25, 0.3) is 5.91 Å². The molecule has 0 saturated heterocycles. The largest absolute Gasteiger partial charge is 0.459 e. The Kier molecular flexibility index (Phi) is 4.62. The van der Waals surface area contributed by atoms with Crippen molar-refractivity contribution in [2.75, 3.05) is 0 Å². The Bertz CT molecular complexity index is 1320. The molecule has 1 aromatic heterocycles. The lowest BCUT2D eigenvalue weighted by Gasteiger charge is -2.26. The van der Waals surface area contributed by atoms with Crippen LogP contribution in [0.3, 0.4) is 0 Å². The molecule has 2 aliphatic rings. The maximum Gasteiger partial charge on any atom is 0.251 e. The quantitative estimate of drug-likeness (QED) is 0.420. The van der Waals surface area contributed by atoms with Crippen LogP contribution in [0.15, 0.2) is 71.1 Å². The highest BCUT2D eigenvalue weighted by molar-refractivity contribution is 5.99. The highest BCUT2D eigenvalue weighted by Crippen LogP contribution is 2.40. The van der Waals surface area contributed by atoms with Crippen molar-refractivity contribution in [1.29, 1.82) is 0 Å². The molecular formula is C28H26N2O2. The molecule has 0 saturated carbocycles. The van der Waals surface area contributed by atoms with Crippen molar-refractivity contribution in [1.82, 2.24) is 10.6 Å². The van der Waals surface area contributed by atoms with Crippen LogP contribution in [0.1, 0.15) is 64.7 Å². The Balaban J connectivity index is 1.35. The molecule has 2 heterocycles. The van der Waals surface area contributed by atoms with Gasteiger partial charge in [0.2, 0.25) is 0 Å². The van der Waals surface area contributed by atoms with Crippen LogP contribution in [-0.4, -0.2) is 5.91 Å². The monoisotopic (exact) mass is 422 g/mol. The minimum absolute atomic E-state index is 0.0186. The lowest BCUT2D eigenvalue weighted by Crippen LogP contribution is -2.27. The van der Waals surface area contributed by atoms with Crippen molar-refractivity contribution in [3.63, 3.8) is 0 Å². The number of carbonyl (C=O) groups excluding carboxylic acids is 1. The number of rotatable bonds is 4. The zero-order chi connectivity index (χ0) is 21.7. The minimum Gasteiger partial charge on any atom is -0.459 e. The van der Waals surface area contributed by atoms with Gasteiger partial charge in [0.15, 0.2) is 0 Å². The van der Waals surface area contributed by atoms with E-state index in [9.17, 15) is 4.79 Å². The number of fused-ring (bicyclic) bond motifs is 4. The third-order valence-electron chi connectivity index (χ3n) is 6.94. The second kappa shape index (κ2) is 7.64. The summed E-state index contributed by atoms with van der Waals surface area (Å²) in [6.07, 6.45) is 3.26. The third kappa shape index (κ3) is 3.23. The van der Waals surface area contributed by atoms with Gasteiger partial charge in [0.05, 0.1) is 6.04 Å². The lowest BCUT2D eigenvalue weighted by atomic mass is 9.90. The van der Waals surface area contributed by atoms with Gasteiger partial charge in [-0.3, -0.25) is 4.79 Å². The molecule has 4 nitrogen and oxygen atoms in total. The van der Waals surface area contributed by atoms with Crippen molar-refractivity contribution >= 4 is 16.9 Å². The molecule has 0 radical (unpaired) electrons. The molecule has 1 aliphatic heterocycles. The summed E-state index contributed by atoms with van der Waals surface area (Å²) < 4.78 is 6.40. The smallest absolute Gasteiger partial charge is 0.251 e. The summed E-state index contributed by atoms with van der Waals surface area (Å²) in [5, 5.41) is 7.89. The zero-order valence-electron chi connectivity index (χ0n) is 18.2. The maximum absolute atomic E-state index is 12.1. The van der Waals surface area contributed by atoms with Crippen molar-refractivity contribution in [2.45, 2.75) is 44.8 Å². The number of aryl methyl sites for hydroxylation is 1. The van der Waals surface area contributed by atoms with Crippen LogP contribution >= 0.6 is 0 Å². The second-order valence-corrected chi connectivity index (χ2v) is 8.95. The fraction of sp³-hybridized carbons (Fsp3) is 0.250. The van der Waals surface area contributed by atoms with Gasteiger partial charge in [-0.1, -0.05) is 48.5 Å². The molecule has 160 valence electrons. The highest BCUT2D eigenvalue weighted by atomic mass is 16.3. The zero-order valence-corrected chi connectivity index (χ0v) is 18.2. The molecule has 0 bridgehead atoms. The molecule has 6 rings (SSSR count). The molecule has 4 heteroatoms. The van der Waals surface area contributed by atoms with Crippen molar-refractivity contribution in [3.8, 4) is 11.1 Å². The predicted octanol–water partition coefficient (Wildman–Crippen LogP) is 6.07. The fourth-order valence-electron chi connectivity index (χ4n) is 5.19. The molecule has 1 amide bonds. The van der Waals surface area contributed by atoms with Gasteiger partial charge in [0.1, 0.15) is 11.3 Å². The first-order chi connectivity index (χ1) is 15.7. The van der Waals surface area contributed by atoms with Crippen LogP contribution in [0.2, 0.25) is 0 Å². The summed E-state index contributed by atoms with van der Waals surface area (Å²) in [7, 11) is 0. The average Bonchev–Trinajstić information content (AvgIpc) is 3.40. The Hall–Kier alpha value is -3.37. The first-order valence-electron chi connectivity index (χ1n) is 11.5. The Labute approximate surface area is 187 Å². The van der Waals surface area contributed by atoms with Gasteiger partial charge in [-0.15, -0.1) is 0 Å². The Morgan fingerprint density at radius 1 is 1.03 bits per heavy atom. The van der Waals surface area contributed by atoms with E-state index in [0.29, 0.717) is 6.54 Å². The Morgan fingerprint density at radius 2 is 1.84 bits per heavy atom. The van der Waals surface area contributed by atoms with E-state index >= 15 is 0 Å². The molecule has 2 atom stereocenters. The number of furan rings is 1. The van der Waals surface area contributed by atoms with E-state index in [0.717, 1.165) is 52.9 Å². The van der Waals surface area contributed by atoms with Crippen molar-refractivity contribution in [3.05, 3.63) is 94.7 Å². The molecule has 32 heavy (non-hydrogen) atoms. The summed E-state index contributed by atoms with van der Waals surface area (Å²) in [5.41, 5.74) is 7.61. The van der Waals surface area contributed by atoms with E-state index in [2.05, 4.69) is 78.2 Å². The molecule has 4 aromatic rings. The van der Waals surface area contributed by atoms with Crippen LogP contribution in [0.5, 0.6) is 0 Å². The van der Waals surface area contributed by atoms with Gasteiger partial charge in [-0.2, -0.15) is 0 Å². The molecule has 3 aromatic carbocycles. The van der Waals surface area contributed by atoms with E-state index < -0.39 is 0 Å². The molecule has 0 unspecified atom stereocenters. The third-order valence-corrected chi connectivity index (χ3v) is 6.94. The summed E-state index contributed by atoms with van der Waals surface area (Å²) in [6.45, 7) is 2.84. The fourth-order valence-corrected chi connectivity index (χ4v) is 5.19. The van der Waals surface area contributed by atoms with Crippen LogP contribution < -0.4 is 10.6 Å². The van der Waals surface area contributed by atoms with E-state index in [4.69, 9.17) is 4.42 Å². The van der Waals surface area contributed by atoms with Crippen LogP contribution in [0.25, 0.3) is 22.1 Å². The van der Waals surface area contributed by atoms with Gasteiger partial charge in [0, 0.05) is 29.1 Å². The van der Waals surface area contributed by atoms with Gasteiger partial charge in [-0.05, 0) is 66.6 Å². The van der Waals surface area contributed by atoms with E-state index in [1.807, 2.05) is 6.07 Å². The van der Waals surface area contributed by atoms with Gasteiger partial charge >= 0.3 is 0 Å². The summed E-state index contributed by atoms with van der Waals surface area (Å²) in [6, 6.07) is 23.6. The standard InChI is InChI=1S/C28H26N2O2/c1-17(18-6-3-2-4-7-18)30-25-9-5-8-22-24-15-20(12-13-26(24)32-27(22)25)19-10-11-21-16-29-28(31)23(21)14-19/h2-4,6-7,10-15,17,25,30H,5,8-9,16H2,1H3,(H,29,31)/t17-,25-/m1/s1. The second-order valence-electron chi connectivity index (χ2n) is 8.95. The normalized spacial score (nSPS) is 18.3. The first-order valence-corrected chi connectivity index (χ1v) is 11.5. The van der Waals surface area contributed by atoms with Crippen molar-refractivity contribution < 1.29 is 9.21 Å². The molecule has 0 fully saturated rings. The predicted molar refractivity (Wildman–Crippen MR) is 126 cm³/mol. The minimum atomic E-state index is 0.0186. The number of nitrogens with one attached hydrogen (secondary N) is 2. The summed E-state index contributed by atoms with van der Waals surface area (Å²) in [4.78, 5) is 12.1. The summed E-state index contributed by atoms with van der Waals surface area (Å²) >= 11 is 0. The number of carbonyl (C=O) groups is 1. The Morgan fingerprint density at radius 3 is 2.72 bits per heavy atom. The molecule has 1 aliphatic carbocycles. The number of amides is 1. The SMILES string of the molecule is C[C@@H](N[C@@H]1CCCc2c1oc1ccc(-c3ccc4c(c3)C(=O)NC4)cc21)c1ccccc1. The van der Waals surface area contributed by atoms with E-state index in [-0.39, 0.29) is 18.0 Å². The van der Waals surface area contributed by atoms with Crippen molar-refractivity contribution in [2.24, 2.45) is 0 Å². The van der Waals surface area contributed by atoms with Gasteiger partial charge < -0.3 is 15.1 Å². The first kappa shape index (κ1) is 19.3. The summed E-state index contributed by atoms with van der Waals surface area (Å²) in [5.74, 6) is 1.10. The van der Waals surface area contributed by atoms with E-state index in [1.165, 1.54) is 16.5 Å². The van der Waals surface area contributed by atoms with Gasteiger partial charge in [-0.25, -0.2) is 0 Å². The van der Waals surface area contributed by atoms with Crippen LogP contribution in [0, 0.1) is 0 Å². The molecular weight excluding hydrogens is 396 g/mol. The van der Waals surface area contributed by atoms with Crippen LogP contribution in [-0.2, 0) is 13.0 Å². The average molecular weight is 423 g/mol. The highest BCUT2D eigenvalue weighted by Gasteiger charge is 2.28. The maximum atomic E-state index is 12.1.